The fourth-order valence-electron chi connectivity index (χ4n) is 2.41. The van der Waals surface area contributed by atoms with Crippen molar-refractivity contribution >= 4 is 33.0 Å². The third-order valence-electron chi connectivity index (χ3n) is 3.55. The number of aryl methyl sites for hydroxylation is 1. The van der Waals surface area contributed by atoms with Crippen LogP contribution in [-0.4, -0.2) is 43.5 Å². The van der Waals surface area contributed by atoms with Crippen LogP contribution in [0.4, 0.5) is 0 Å². The molecule has 114 valence electrons. The Bertz CT molecular complexity index is 563. The lowest BCUT2D eigenvalue weighted by Crippen LogP contribution is -2.46. The van der Waals surface area contributed by atoms with Crippen molar-refractivity contribution in [2.24, 2.45) is 0 Å². The summed E-state index contributed by atoms with van der Waals surface area (Å²) < 4.78 is 27.9. The van der Waals surface area contributed by atoms with Crippen LogP contribution in [0.2, 0.25) is 4.47 Å². The van der Waals surface area contributed by atoms with E-state index in [9.17, 15) is 8.42 Å². The van der Waals surface area contributed by atoms with E-state index in [0.717, 1.165) is 37.3 Å². The van der Waals surface area contributed by atoms with Crippen LogP contribution in [0.5, 0.6) is 0 Å². The molecule has 0 aromatic carbocycles. The number of piperidine rings is 1. The van der Waals surface area contributed by atoms with Gasteiger partial charge in [0.1, 0.15) is 0 Å². The number of aromatic nitrogens is 1. The number of halogens is 1. The van der Waals surface area contributed by atoms with Crippen molar-refractivity contribution in [3.05, 3.63) is 10.2 Å². The van der Waals surface area contributed by atoms with Gasteiger partial charge in [0, 0.05) is 12.1 Å². The van der Waals surface area contributed by atoms with E-state index in [1.807, 2.05) is 0 Å². The Morgan fingerprint density at radius 1 is 1.40 bits per heavy atom. The first-order valence-electron chi connectivity index (χ1n) is 6.69. The summed E-state index contributed by atoms with van der Waals surface area (Å²) in [6.07, 6.45) is 1.67. The lowest BCUT2D eigenvalue weighted by molar-refractivity contribution is 0.168. The van der Waals surface area contributed by atoms with Crippen LogP contribution >= 0.6 is 22.9 Å². The zero-order chi connectivity index (χ0) is 14.9. The van der Waals surface area contributed by atoms with E-state index < -0.39 is 10.0 Å². The summed E-state index contributed by atoms with van der Waals surface area (Å²) in [5, 5.41) is 0. The van der Waals surface area contributed by atoms with Gasteiger partial charge in [0.05, 0.1) is 5.69 Å². The van der Waals surface area contributed by atoms with E-state index in [-0.39, 0.29) is 14.7 Å². The second kappa shape index (κ2) is 6.27. The molecular weight excluding hydrogens is 318 g/mol. The molecule has 0 atom stereocenters. The minimum absolute atomic E-state index is 0.00437. The lowest BCUT2D eigenvalue weighted by Gasteiger charge is -2.34. The van der Waals surface area contributed by atoms with Gasteiger partial charge in [-0.2, -0.15) is 0 Å². The van der Waals surface area contributed by atoms with Crippen LogP contribution in [0.1, 0.15) is 32.4 Å². The van der Waals surface area contributed by atoms with Crippen LogP contribution in [0, 0.1) is 6.92 Å². The highest BCUT2D eigenvalue weighted by molar-refractivity contribution is 7.91. The molecule has 2 heterocycles. The van der Waals surface area contributed by atoms with Crippen molar-refractivity contribution in [2.45, 2.75) is 49.9 Å². The minimum atomic E-state index is -3.50. The molecule has 1 aromatic heterocycles. The molecule has 2 rings (SSSR count). The van der Waals surface area contributed by atoms with E-state index >= 15 is 0 Å². The molecule has 0 amide bonds. The molecule has 1 aliphatic rings. The maximum absolute atomic E-state index is 12.3. The second-order valence-electron chi connectivity index (χ2n) is 5.36. The summed E-state index contributed by atoms with van der Waals surface area (Å²) in [4.78, 5) is 6.32. The first kappa shape index (κ1) is 16.2. The Labute approximate surface area is 129 Å². The van der Waals surface area contributed by atoms with E-state index in [1.54, 1.807) is 6.92 Å². The molecule has 0 unspecified atom stereocenters. The van der Waals surface area contributed by atoms with Crippen molar-refractivity contribution in [1.82, 2.24) is 14.6 Å². The molecule has 5 nitrogen and oxygen atoms in total. The van der Waals surface area contributed by atoms with E-state index in [0.29, 0.717) is 11.7 Å². The predicted molar refractivity (Wildman–Crippen MR) is 81.9 cm³/mol. The normalized spacial score (nSPS) is 18.9. The third kappa shape index (κ3) is 3.71. The van der Waals surface area contributed by atoms with Gasteiger partial charge in [0.15, 0.2) is 8.68 Å². The minimum Gasteiger partial charge on any atom is -0.301 e. The summed E-state index contributed by atoms with van der Waals surface area (Å²) in [5.41, 5.74) is 0.465. The van der Waals surface area contributed by atoms with Gasteiger partial charge in [-0.05, 0) is 46.7 Å². The van der Waals surface area contributed by atoms with Gasteiger partial charge in [-0.15, -0.1) is 0 Å². The first-order chi connectivity index (χ1) is 9.29. The summed E-state index contributed by atoms with van der Waals surface area (Å²) >= 11 is 6.79. The molecule has 1 fully saturated rings. The number of nitrogens with zero attached hydrogens (tertiary/aromatic N) is 2. The number of hydrogen-bond donors (Lipinski definition) is 1. The maximum Gasteiger partial charge on any atom is 0.252 e. The van der Waals surface area contributed by atoms with Gasteiger partial charge in [0.2, 0.25) is 0 Å². The average Bonchev–Trinajstić information content (AvgIpc) is 2.69. The predicted octanol–water partition coefficient (Wildman–Crippen LogP) is 2.26. The average molecular weight is 338 g/mol. The van der Waals surface area contributed by atoms with E-state index in [4.69, 9.17) is 11.6 Å². The van der Waals surface area contributed by atoms with Crippen LogP contribution in [0.3, 0.4) is 0 Å². The maximum atomic E-state index is 12.3. The topological polar surface area (TPSA) is 62.3 Å². The van der Waals surface area contributed by atoms with Gasteiger partial charge < -0.3 is 4.90 Å². The summed E-state index contributed by atoms with van der Waals surface area (Å²) in [6, 6.07) is 0.505. The molecule has 0 saturated carbocycles. The highest BCUT2D eigenvalue weighted by Gasteiger charge is 2.28. The van der Waals surface area contributed by atoms with Gasteiger partial charge in [-0.25, -0.2) is 18.1 Å². The van der Waals surface area contributed by atoms with Crippen molar-refractivity contribution in [3.8, 4) is 0 Å². The smallest absolute Gasteiger partial charge is 0.252 e. The first-order valence-corrected chi connectivity index (χ1v) is 9.36. The Balaban J connectivity index is 2.02. The van der Waals surface area contributed by atoms with Crippen LogP contribution in [-0.2, 0) is 10.0 Å². The molecule has 1 N–H and O–H groups in total. The highest BCUT2D eigenvalue weighted by Crippen LogP contribution is 2.27. The Morgan fingerprint density at radius 2 is 2.00 bits per heavy atom. The second-order valence-corrected chi connectivity index (χ2v) is 8.86. The molecule has 0 radical (unpaired) electrons. The Morgan fingerprint density at radius 3 is 2.45 bits per heavy atom. The molecule has 1 saturated heterocycles. The summed E-state index contributed by atoms with van der Waals surface area (Å²) in [6.45, 7) is 7.83. The van der Waals surface area contributed by atoms with E-state index in [1.165, 1.54) is 0 Å². The van der Waals surface area contributed by atoms with Crippen LogP contribution < -0.4 is 4.72 Å². The van der Waals surface area contributed by atoms with Gasteiger partial charge >= 0.3 is 0 Å². The van der Waals surface area contributed by atoms with Crippen molar-refractivity contribution < 1.29 is 8.42 Å². The standard InChI is InChI=1S/C12H20ClN3O2S2/c1-8(2)16-6-4-10(5-7-16)15-20(17,18)11-9(3)14-12(13)19-11/h8,10,15H,4-7H2,1-3H3. The molecule has 0 bridgehead atoms. The van der Waals surface area contributed by atoms with Gasteiger partial charge in [-0.1, -0.05) is 22.9 Å². The molecule has 0 aliphatic carbocycles. The quantitative estimate of drug-likeness (QED) is 0.915. The highest BCUT2D eigenvalue weighted by atomic mass is 35.5. The lowest BCUT2D eigenvalue weighted by atomic mass is 10.1. The number of hydrogen-bond acceptors (Lipinski definition) is 5. The van der Waals surface area contributed by atoms with Crippen molar-refractivity contribution in [2.75, 3.05) is 13.1 Å². The largest absolute Gasteiger partial charge is 0.301 e. The number of sulfonamides is 1. The Kier molecular flexibility index (Phi) is 5.07. The fourth-order valence-corrected chi connectivity index (χ4v) is 5.47. The zero-order valence-corrected chi connectivity index (χ0v) is 14.3. The van der Waals surface area contributed by atoms with Crippen molar-refractivity contribution in [1.29, 1.82) is 0 Å². The fraction of sp³-hybridized carbons (Fsp3) is 0.750. The number of rotatable bonds is 4. The summed E-state index contributed by atoms with van der Waals surface area (Å²) in [5.74, 6) is 0. The molecule has 20 heavy (non-hydrogen) atoms. The molecular formula is C12H20ClN3O2S2. The third-order valence-corrected chi connectivity index (χ3v) is 6.95. The molecule has 1 aromatic rings. The number of likely N-dealkylation sites (tertiary alicyclic amines) is 1. The summed E-state index contributed by atoms with van der Waals surface area (Å²) in [7, 11) is -3.50. The van der Waals surface area contributed by atoms with Crippen LogP contribution in [0.15, 0.2) is 4.21 Å². The van der Waals surface area contributed by atoms with Crippen LogP contribution in [0.25, 0.3) is 0 Å². The number of thiazole rings is 1. The Hall–Kier alpha value is -0.210. The monoisotopic (exact) mass is 337 g/mol. The van der Waals surface area contributed by atoms with E-state index in [2.05, 4.69) is 28.5 Å². The van der Waals surface area contributed by atoms with Gasteiger partial charge in [0.25, 0.3) is 10.0 Å². The molecule has 8 heteroatoms. The molecule has 1 aliphatic heterocycles. The zero-order valence-electron chi connectivity index (χ0n) is 11.9. The van der Waals surface area contributed by atoms with Gasteiger partial charge in [-0.3, -0.25) is 0 Å². The van der Waals surface area contributed by atoms with Crippen molar-refractivity contribution in [3.63, 3.8) is 0 Å². The number of nitrogens with one attached hydrogen (secondary N) is 1. The SMILES string of the molecule is Cc1nc(Cl)sc1S(=O)(=O)NC1CCN(C(C)C)CC1. The molecule has 0 spiro atoms.